The summed E-state index contributed by atoms with van der Waals surface area (Å²) in [5, 5.41) is 0. The van der Waals surface area contributed by atoms with Crippen LogP contribution in [0.1, 0.15) is 6.92 Å². The molecule has 2 aliphatic heterocycles. The minimum absolute atomic E-state index is 0.194. The van der Waals surface area contributed by atoms with E-state index in [0.717, 1.165) is 11.4 Å². The Bertz CT molecular complexity index is 297. The summed E-state index contributed by atoms with van der Waals surface area (Å²) in [6, 6.07) is 0. The molecule has 0 saturated carbocycles. The Kier molecular flexibility index (Phi) is 1.22. The van der Waals surface area contributed by atoms with E-state index in [1.54, 1.807) is 6.08 Å². The monoisotopic (exact) mass is 147 g/mol. The number of nitrogens with zero attached hydrogens (tertiary/aromatic N) is 1. The summed E-state index contributed by atoms with van der Waals surface area (Å²) in [7, 11) is 0. The van der Waals surface area contributed by atoms with Crippen molar-refractivity contribution in [1.82, 2.24) is 4.90 Å². The molecular weight excluding hydrogens is 138 g/mol. The van der Waals surface area contributed by atoms with E-state index >= 15 is 0 Å². The average Bonchev–Trinajstić information content (AvgIpc) is 2.31. The summed E-state index contributed by atoms with van der Waals surface area (Å²) >= 11 is 0. The van der Waals surface area contributed by atoms with Crippen LogP contribution in [-0.2, 0) is 4.79 Å². The topological polar surface area (TPSA) is 20.3 Å². The van der Waals surface area contributed by atoms with Gasteiger partial charge in [0.25, 0.3) is 0 Å². The Morgan fingerprint density at radius 1 is 1.55 bits per heavy atom. The average molecular weight is 147 g/mol. The highest BCUT2D eigenvalue weighted by atomic mass is 16.1. The molecule has 0 aromatic carbocycles. The van der Waals surface area contributed by atoms with Crippen molar-refractivity contribution in [3.8, 4) is 0 Å². The van der Waals surface area contributed by atoms with Gasteiger partial charge in [0.1, 0.15) is 0 Å². The van der Waals surface area contributed by atoms with Crippen molar-refractivity contribution in [2.75, 3.05) is 6.54 Å². The lowest BCUT2D eigenvalue weighted by Crippen LogP contribution is -2.20. The van der Waals surface area contributed by atoms with E-state index in [9.17, 15) is 4.79 Å². The summed E-state index contributed by atoms with van der Waals surface area (Å²) < 4.78 is 0. The van der Waals surface area contributed by atoms with E-state index in [1.165, 1.54) is 0 Å². The minimum atomic E-state index is 0.194. The van der Waals surface area contributed by atoms with Gasteiger partial charge in [0.2, 0.25) is 0 Å². The van der Waals surface area contributed by atoms with E-state index in [2.05, 4.69) is 0 Å². The Hall–Kier alpha value is -1.31. The fraction of sp³-hybridized carbons (Fsp3) is 0.222. The smallest absolute Gasteiger partial charge is 0.177 e. The first-order valence-corrected chi connectivity index (χ1v) is 3.64. The lowest BCUT2D eigenvalue weighted by atomic mass is 10.2. The quantitative estimate of drug-likeness (QED) is 0.513. The van der Waals surface area contributed by atoms with Crippen molar-refractivity contribution in [1.29, 1.82) is 0 Å². The molecule has 2 rings (SSSR count). The van der Waals surface area contributed by atoms with E-state index in [1.807, 2.05) is 30.1 Å². The Morgan fingerprint density at radius 3 is 3.09 bits per heavy atom. The standard InChI is InChI=1S/C9H9NO/c1-7-3-2-4-8-5-9(11)6-10(7)8/h2-5H,6H2,1H3. The number of fused-ring (bicyclic) bond motifs is 1. The zero-order valence-corrected chi connectivity index (χ0v) is 6.37. The van der Waals surface area contributed by atoms with E-state index < -0.39 is 0 Å². The van der Waals surface area contributed by atoms with Gasteiger partial charge in [-0.05, 0) is 19.1 Å². The molecule has 0 aromatic heterocycles. The maximum atomic E-state index is 11.0. The molecule has 56 valence electrons. The molecule has 2 nitrogen and oxygen atoms in total. The third kappa shape index (κ3) is 0.909. The summed E-state index contributed by atoms with van der Waals surface area (Å²) in [5.74, 6) is 0.194. The second-order valence-corrected chi connectivity index (χ2v) is 2.79. The van der Waals surface area contributed by atoms with Crippen LogP contribution in [0.15, 0.2) is 35.7 Å². The number of carbonyl (C=O) groups is 1. The molecule has 0 amide bonds. The van der Waals surface area contributed by atoms with Crippen molar-refractivity contribution in [2.24, 2.45) is 0 Å². The van der Waals surface area contributed by atoms with Crippen LogP contribution in [0.2, 0.25) is 0 Å². The third-order valence-corrected chi connectivity index (χ3v) is 1.96. The molecule has 0 atom stereocenters. The molecule has 0 saturated heterocycles. The van der Waals surface area contributed by atoms with Crippen LogP contribution in [0.3, 0.4) is 0 Å². The number of allylic oxidation sites excluding steroid dienone is 4. The maximum Gasteiger partial charge on any atom is 0.177 e. The third-order valence-electron chi connectivity index (χ3n) is 1.96. The van der Waals surface area contributed by atoms with Crippen molar-refractivity contribution in [3.63, 3.8) is 0 Å². The van der Waals surface area contributed by atoms with Crippen LogP contribution in [0, 0.1) is 0 Å². The van der Waals surface area contributed by atoms with Crippen molar-refractivity contribution < 1.29 is 4.79 Å². The number of carbonyl (C=O) groups excluding carboxylic acids is 1. The second kappa shape index (κ2) is 2.09. The summed E-state index contributed by atoms with van der Waals surface area (Å²) in [5.41, 5.74) is 2.17. The van der Waals surface area contributed by atoms with Gasteiger partial charge in [0.15, 0.2) is 5.78 Å². The summed E-state index contributed by atoms with van der Waals surface area (Å²) in [6.07, 6.45) is 7.62. The van der Waals surface area contributed by atoms with Gasteiger partial charge in [0.05, 0.1) is 6.54 Å². The molecule has 0 N–H and O–H groups in total. The molecule has 11 heavy (non-hydrogen) atoms. The van der Waals surface area contributed by atoms with Crippen LogP contribution < -0.4 is 0 Å². The van der Waals surface area contributed by atoms with Gasteiger partial charge >= 0.3 is 0 Å². The predicted octanol–water partition coefficient (Wildman–Crippen LogP) is 1.23. The molecule has 2 aliphatic rings. The molecule has 0 aromatic rings. The lowest BCUT2D eigenvalue weighted by Gasteiger charge is -2.22. The molecule has 0 aliphatic carbocycles. The lowest BCUT2D eigenvalue weighted by molar-refractivity contribution is -0.114. The fourth-order valence-corrected chi connectivity index (χ4v) is 1.38. The Labute approximate surface area is 65.5 Å². The zero-order chi connectivity index (χ0) is 7.84. The highest BCUT2D eigenvalue weighted by Crippen LogP contribution is 2.22. The van der Waals surface area contributed by atoms with Crippen molar-refractivity contribution >= 4 is 5.78 Å². The maximum absolute atomic E-state index is 11.0. The Morgan fingerprint density at radius 2 is 2.36 bits per heavy atom. The van der Waals surface area contributed by atoms with Crippen LogP contribution >= 0.6 is 0 Å². The molecule has 0 spiro atoms. The SMILES string of the molecule is CC1=CC=CC2=CC(=O)CN12. The normalized spacial score (nSPS) is 21.5. The molecule has 0 fully saturated rings. The van der Waals surface area contributed by atoms with Crippen molar-refractivity contribution in [2.45, 2.75) is 6.92 Å². The van der Waals surface area contributed by atoms with Gasteiger partial charge in [-0.1, -0.05) is 6.08 Å². The van der Waals surface area contributed by atoms with E-state index in [-0.39, 0.29) is 5.78 Å². The first-order chi connectivity index (χ1) is 5.27. The highest BCUT2D eigenvalue weighted by Gasteiger charge is 2.21. The molecule has 0 bridgehead atoms. The molecular formula is C9H9NO. The molecule has 0 radical (unpaired) electrons. The van der Waals surface area contributed by atoms with E-state index in [4.69, 9.17) is 0 Å². The predicted molar refractivity (Wildman–Crippen MR) is 42.7 cm³/mol. The van der Waals surface area contributed by atoms with Crippen molar-refractivity contribution in [3.05, 3.63) is 35.7 Å². The number of rotatable bonds is 0. The molecule has 0 unspecified atom stereocenters. The summed E-state index contributed by atoms with van der Waals surface area (Å²) in [6.45, 7) is 2.53. The summed E-state index contributed by atoms with van der Waals surface area (Å²) in [4.78, 5) is 13.0. The highest BCUT2D eigenvalue weighted by molar-refractivity contribution is 5.95. The number of ketones is 1. The van der Waals surface area contributed by atoms with Gasteiger partial charge in [0, 0.05) is 17.5 Å². The second-order valence-electron chi connectivity index (χ2n) is 2.79. The largest absolute Gasteiger partial charge is 0.338 e. The Balaban J connectivity index is 2.40. The molecule has 2 heteroatoms. The van der Waals surface area contributed by atoms with Gasteiger partial charge in [-0.25, -0.2) is 0 Å². The van der Waals surface area contributed by atoms with Crippen LogP contribution in [0.25, 0.3) is 0 Å². The van der Waals surface area contributed by atoms with E-state index in [0.29, 0.717) is 6.54 Å². The van der Waals surface area contributed by atoms with Gasteiger partial charge in [-0.2, -0.15) is 0 Å². The van der Waals surface area contributed by atoms with Gasteiger partial charge in [-0.15, -0.1) is 0 Å². The van der Waals surface area contributed by atoms with Crippen LogP contribution in [0.4, 0.5) is 0 Å². The minimum Gasteiger partial charge on any atom is -0.338 e. The first kappa shape index (κ1) is 6.40. The van der Waals surface area contributed by atoms with Gasteiger partial charge in [-0.3, -0.25) is 4.79 Å². The number of hydrogen-bond acceptors (Lipinski definition) is 2. The van der Waals surface area contributed by atoms with Gasteiger partial charge < -0.3 is 4.90 Å². The first-order valence-electron chi connectivity index (χ1n) is 3.64. The molecule has 2 heterocycles. The number of hydrogen-bond donors (Lipinski definition) is 0. The van der Waals surface area contributed by atoms with Crippen LogP contribution in [0.5, 0.6) is 0 Å². The van der Waals surface area contributed by atoms with Crippen LogP contribution in [-0.4, -0.2) is 17.2 Å². The zero-order valence-electron chi connectivity index (χ0n) is 6.37. The fourth-order valence-electron chi connectivity index (χ4n) is 1.38.